The molecule has 4 aromatic carbocycles. The summed E-state index contributed by atoms with van der Waals surface area (Å²) in [6, 6.07) is 23.9. The smallest absolute Gasteiger partial charge is 0.289 e. The summed E-state index contributed by atoms with van der Waals surface area (Å²) < 4.78 is 50.7. The van der Waals surface area contributed by atoms with Gasteiger partial charge in [0.1, 0.15) is 24.7 Å². The van der Waals surface area contributed by atoms with Crippen molar-refractivity contribution in [1.82, 2.24) is 5.43 Å². The van der Waals surface area contributed by atoms with Gasteiger partial charge in [-0.3, -0.25) is 19.2 Å². The molecule has 0 aromatic heterocycles. The number of amides is 1. The SMILES string of the molecule is CCOc1cc(/C=N\NC(=O)CN(c2ccc(OC)cc2OC)S(=O)(=O)c2ccccc2[N+](=O)[O-])ccc1OCc1ccccc1. The van der Waals surface area contributed by atoms with Gasteiger partial charge in [0.25, 0.3) is 21.6 Å². The molecule has 1 N–H and O–H groups in total. The Morgan fingerprint density at radius 3 is 2.35 bits per heavy atom. The van der Waals surface area contributed by atoms with Crippen molar-refractivity contribution in [1.29, 1.82) is 0 Å². The van der Waals surface area contributed by atoms with Gasteiger partial charge in [-0.05, 0) is 54.4 Å². The van der Waals surface area contributed by atoms with Crippen molar-refractivity contribution in [2.45, 2.75) is 18.4 Å². The van der Waals surface area contributed by atoms with Crippen LogP contribution in [0.25, 0.3) is 0 Å². The van der Waals surface area contributed by atoms with Gasteiger partial charge < -0.3 is 18.9 Å². The largest absolute Gasteiger partial charge is 0.497 e. The first-order valence-electron chi connectivity index (χ1n) is 13.9. The highest BCUT2D eigenvalue weighted by Gasteiger charge is 2.34. The highest BCUT2D eigenvalue weighted by atomic mass is 32.2. The van der Waals surface area contributed by atoms with Gasteiger partial charge >= 0.3 is 0 Å². The lowest BCUT2D eigenvalue weighted by Gasteiger charge is -2.25. The minimum atomic E-state index is -4.67. The van der Waals surface area contributed by atoms with Crippen LogP contribution in [0.3, 0.4) is 0 Å². The second-order valence-corrected chi connectivity index (χ2v) is 11.3. The molecular weight excluding hydrogens is 616 g/mol. The van der Waals surface area contributed by atoms with Crippen LogP contribution in [0.4, 0.5) is 11.4 Å². The second-order valence-electron chi connectivity index (χ2n) is 9.48. The molecule has 46 heavy (non-hydrogen) atoms. The van der Waals surface area contributed by atoms with E-state index in [1.807, 2.05) is 37.3 Å². The summed E-state index contributed by atoms with van der Waals surface area (Å²) in [7, 11) is -1.94. The quantitative estimate of drug-likeness (QED) is 0.107. The van der Waals surface area contributed by atoms with Gasteiger partial charge in [0.2, 0.25) is 0 Å². The number of hydrazone groups is 1. The molecule has 0 unspecified atom stereocenters. The zero-order chi connectivity index (χ0) is 33.1. The van der Waals surface area contributed by atoms with Crippen molar-refractivity contribution in [3.8, 4) is 23.0 Å². The fourth-order valence-corrected chi connectivity index (χ4v) is 5.90. The number of sulfonamides is 1. The molecule has 1 amide bonds. The molecule has 0 saturated heterocycles. The summed E-state index contributed by atoms with van der Waals surface area (Å²) in [5.41, 5.74) is 3.17. The Balaban J connectivity index is 1.57. The lowest BCUT2D eigenvalue weighted by molar-refractivity contribution is -0.387. The molecule has 13 nitrogen and oxygen atoms in total. The molecule has 0 aliphatic carbocycles. The Hall–Kier alpha value is -5.63. The number of carbonyl (C=O) groups excluding carboxylic acids is 1. The van der Waals surface area contributed by atoms with Crippen molar-refractivity contribution >= 4 is 33.5 Å². The van der Waals surface area contributed by atoms with Gasteiger partial charge in [-0.25, -0.2) is 13.8 Å². The second kappa shape index (κ2) is 15.4. The average molecular weight is 649 g/mol. The van der Waals surface area contributed by atoms with Gasteiger partial charge in [-0.2, -0.15) is 5.10 Å². The maximum Gasteiger partial charge on any atom is 0.289 e. The van der Waals surface area contributed by atoms with Crippen molar-refractivity contribution in [3.05, 3.63) is 112 Å². The predicted molar refractivity (Wildman–Crippen MR) is 171 cm³/mol. The van der Waals surface area contributed by atoms with E-state index in [0.29, 0.717) is 40.3 Å². The third-order valence-electron chi connectivity index (χ3n) is 6.48. The number of hydrogen-bond donors (Lipinski definition) is 1. The molecule has 0 bridgehead atoms. The molecule has 0 aliphatic rings. The topological polar surface area (TPSA) is 159 Å². The van der Waals surface area contributed by atoms with E-state index in [9.17, 15) is 23.3 Å². The lowest BCUT2D eigenvalue weighted by atomic mass is 10.2. The summed E-state index contributed by atoms with van der Waals surface area (Å²) in [6.07, 6.45) is 1.36. The van der Waals surface area contributed by atoms with E-state index in [1.54, 1.807) is 18.2 Å². The molecule has 0 atom stereocenters. The van der Waals surface area contributed by atoms with E-state index in [4.69, 9.17) is 18.9 Å². The standard InChI is InChI=1S/C32H32N4O9S/c1-4-44-30-18-24(14-17-28(30)45-22-23-10-6-5-7-11-23)20-33-34-32(37)21-35(26-16-15-25(42-2)19-29(26)43-3)46(40,41)31-13-9-8-12-27(31)36(38)39/h5-20H,4,21-22H2,1-3H3,(H,34,37)/b33-20-. The molecule has 0 spiro atoms. The predicted octanol–water partition coefficient (Wildman–Crippen LogP) is 4.94. The number of carbonyl (C=O) groups is 1. The van der Waals surface area contributed by atoms with Gasteiger partial charge in [0.05, 0.1) is 37.7 Å². The number of benzene rings is 4. The van der Waals surface area contributed by atoms with Crippen molar-refractivity contribution < 1.29 is 37.1 Å². The molecule has 4 rings (SSSR count). The Bertz CT molecular complexity index is 1820. The van der Waals surface area contributed by atoms with Gasteiger partial charge in [-0.1, -0.05) is 42.5 Å². The van der Waals surface area contributed by atoms with E-state index in [-0.39, 0.29) is 11.4 Å². The molecule has 0 saturated carbocycles. The molecule has 0 radical (unpaired) electrons. The zero-order valence-electron chi connectivity index (χ0n) is 25.3. The van der Waals surface area contributed by atoms with Crippen LogP contribution in [0.1, 0.15) is 18.1 Å². The summed E-state index contributed by atoms with van der Waals surface area (Å²) in [4.78, 5) is 23.4. The number of ether oxygens (including phenoxy) is 4. The fourth-order valence-electron chi connectivity index (χ4n) is 4.31. The van der Waals surface area contributed by atoms with Gasteiger partial charge in [0, 0.05) is 12.1 Å². The van der Waals surface area contributed by atoms with Crippen molar-refractivity contribution in [3.63, 3.8) is 0 Å². The number of nitrogens with zero attached hydrogens (tertiary/aromatic N) is 3. The molecule has 0 aliphatic heterocycles. The fraction of sp³-hybridized carbons (Fsp3) is 0.188. The lowest BCUT2D eigenvalue weighted by Crippen LogP contribution is -2.40. The maximum absolute atomic E-state index is 13.9. The van der Waals surface area contributed by atoms with E-state index in [1.165, 1.54) is 50.8 Å². The van der Waals surface area contributed by atoms with Gasteiger partial charge in [0.15, 0.2) is 16.4 Å². The van der Waals surface area contributed by atoms with E-state index in [0.717, 1.165) is 17.7 Å². The zero-order valence-corrected chi connectivity index (χ0v) is 26.1. The first-order chi connectivity index (χ1) is 22.2. The molecule has 240 valence electrons. The van der Waals surface area contributed by atoms with E-state index < -0.39 is 38.0 Å². The Morgan fingerprint density at radius 1 is 0.913 bits per heavy atom. The van der Waals surface area contributed by atoms with Crippen LogP contribution in [0.5, 0.6) is 23.0 Å². The number of rotatable bonds is 15. The maximum atomic E-state index is 13.9. The van der Waals surface area contributed by atoms with Crippen LogP contribution < -0.4 is 28.7 Å². The number of methoxy groups -OCH3 is 2. The molecule has 0 heterocycles. The summed E-state index contributed by atoms with van der Waals surface area (Å²) in [5, 5.41) is 15.7. The monoisotopic (exact) mass is 648 g/mol. The highest BCUT2D eigenvalue weighted by Crippen LogP contribution is 2.37. The Labute approximate surface area is 266 Å². The van der Waals surface area contributed by atoms with Gasteiger partial charge in [-0.15, -0.1) is 0 Å². The Kier molecular flexibility index (Phi) is 11.1. The summed E-state index contributed by atoms with van der Waals surface area (Å²) >= 11 is 0. The van der Waals surface area contributed by atoms with Crippen LogP contribution in [-0.4, -0.2) is 52.8 Å². The number of anilines is 1. The number of hydrogen-bond acceptors (Lipinski definition) is 10. The highest BCUT2D eigenvalue weighted by molar-refractivity contribution is 7.93. The molecule has 14 heteroatoms. The average Bonchev–Trinajstić information content (AvgIpc) is 3.07. The Morgan fingerprint density at radius 2 is 1.65 bits per heavy atom. The van der Waals surface area contributed by atoms with Crippen LogP contribution in [0, 0.1) is 10.1 Å². The van der Waals surface area contributed by atoms with Crippen molar-refractivity contribution in [2.24, 2.45) is 5.10 Å². The number of nitro benzene ring substituents is 1. The van der Waals surface area contributed by atoms with Crippen LogP contribution in [0.15, 0.2) is 101 Å². The summed E-state index contributed by atoms with van der Waals surface area (Å²) in [6.45, 7) is 1.78. The minimum Gasteiger partial charge on any atom is -0.497 e. The molecule has 4 aromatic rings. The van der Waals surface area contributed by atoms with E-state index in [2.05, 4.69) is 10.5 Å². The van der Waals surface area contributed by atoms with E-state index >= 15 is 0 Å². The number of nitro groups is 1. The van der Waals surface area contributed by atoms with Crippen LogP contribution >= 0.6 is 0 Å². The van der Waals surface area contributed by atoms with Crippen LogP contribution in [-0.2, 0) is 21.4 Å². The third-order valence-corrected chi connectivity index (χ3v) is 8.29. The van der Waals surface area contributed by atoms with Crippen LogP contribution in [0.2, 0.25) is 0 Å². The van der Waals surface area contributed by atoms with Crippen molar-refractivity contribution in [2.75, 3.05) is 31.7 Å². The molecular formula is C32H32N4O9S. The third kappa shape index (κ3) is 8.09. The summed E-state index contributed by atoms with van der Waals surface area (Å²) in [5.74, 6) is 0.582. The first kappa shape index (κ1) is 33.3. The molecule has 0 fully saturated rings. The number of para-hydroxylation sites is 1. The normalized spacial score (nSPS) is 11.1. The first-order valence-corrected chi connectivity index (χ1v) is 15.4. The number of nitrogens with one attached hydrogen (secondary N) is 1. The minimum absolute atomic E-state index is 0.0481.